The van der Waals surface area contributed by atoms with Gasteiger partial charge in [-0.25, -0.2) is 9.48 Å². The molecule has 0 bridgehead atoms. The Balaban J connectivity index is 2.52. The van der Waals surface area contributed by atoms with Crippen LogP contribution in [0.3, 0.4) is 0 Å². The molecule has 2 rings (SSSR count). The number of carbonyl (C=O) groups excluding carboxylic acids is 1. The molecule has 1 aromatic heterocycles. The average molecular weight is 273 g/mol. The number of methoxy groups -OCH3 is 1. The lowest BCUT2D eigenvalue weighted by atomic mass is 9.93. The molecule has 0 saturated heterocycles. The molecular weight excluding hydrogens is 254 g/mol. The maximum Gasteiger partial charge on any atom is 0.340 e. The number of anilines is 1. The Morgan fingerprint density at radius 2 is 2.00 bits per heavy atom. The van der Waals surface area contributed by atoms with Gasteiger partial charge in [-0.15, -0.1) is 0 Å². The predicted octanol–water partition coefficient (Wildman–Crippen LogP) is 2.54. The molecule has 106 valence electrons. The van der Waals surface area contributed by atoms with Gasteiger partial charge in [0.05, 0.1) is 24.1 Å². The van der Waals surface area contributed by atoms with E-state index in [0.717, 1.165) is 5.69 Å². The Kier molecular flexibility index (Phi) is 3.53. The van der Waals surface area contributed by atoms with Gasteiger partial charge in [0, 0.05) is 17.3 Å². The van der Waals surface area contributed by atoms with Gasteiger partial charge in [0.1, 0.15) is 0 Å². The van der Waals surface area contributed by atoms with Crippen molar-refractivity contribution in [2.24, 2.45) is 0 Å². The third kappa shape index (κ3) is 2.66. The summed E-state index contributed by atoms with van der Waals surface area (Å²) in [7, 11) is 1.35. The highest BCUT2D eigenvalue weighted by molar-refractivity contribution is 5.94. The number of nitrogens with two attached hydrogens (primary N) is 1. The lowest BCUT2D eigenvalue weighted by Gasteiger charge is -2.14. The lowest BCUT2D eigenvalue weighted by molar-refractivity contribution is 0.0600. The molecule has 1 aromatic carbocycles. The van der Waals surface area contributed by atoms with E-state index >= 15 is 0 Å². The molecule has 0 aliphatic carbocycles. The van der Waals surface area contributed by atoms with Crippen LogP contribution >= 0.6 is 0 Å². The van der Waals surface area contributed by atoms with E-state index in [-0.39, 0.29) is 5.41 Å². The Labute approximate surface area is 118 Å². The minimum atomic E-state index is -0.430. The highest BCUT2D eigenvalue weighted by atomic mass is 16.5. The summed E-state index contributed by atoms with van der Waals surface area (Å²) < 4.78 is 6.46. The topological polar surface area (TPSA) is 70.1 Å². The van der Waals surface area contributed by atoms with Crippen LogP contribution in [0, 0.1) is 0 Å². The van der Waals surface area contributed by atoms with Gasteiger partial charge < -0.3 is 10.5 Å². The quantitative estimate of drug-likeness (QED) is 0.674. The van der Waals surface area contributed by atoms with Crippen molar-refractivity contribution in [3.63, 3.8) is 0 Å². The molecule has 0 unspecified atom stereocenters. The molecule has 0 radical (unpaired) electrons. The molecule has 0 aliphatic heterocycles. The number of aromatic nitrogens is 2. The van der Waals surface area contributed by atoms with Crippen LogP contribution in [-0.4, -0.2) is 22.9 Å². The zero-order valence-electron chi connectivity index (χ0n) is 12.2. The molecule has 0 aliphatic rings. The van der Waals surface area contributed by atoms with Crippen LogP contribution in [0.25, 0.3) is 5.69 Å². The summed E-state index contributed by atoms with van der Waals surface area (Å²) in [4.78, 5) is 11.8. The number of hydrogen-bond acceptors (Lipinski definition) is 4. The number of benzene rings is 1. The van der Waals surface area contributed by atoms with Gasteiger partial charge in [-0.05, 0) is 24.3 Å². The van der Waals surface area contributed by atoms with E-state index in [2.05, 4.69) is 25.9 Å². The van der Waals surface area contributed by atoms with Crippen LogP contribution < -0.4 is 5.73 Å². The van der Waals surface area contributed by atoms with Gasteiger partial charge in [-0.3, -0.25) is 0 Å². The summed E-state index contributed by atoms with van der Waals surface area (Å²) in [6, 6.07) is 7.04. The average Bonchev–Trinajstić information content (AvgIpc) is 2.87. The fourth-order valence-corrected chi connectivity index (χ4v) is 1.88. The van der Waals surface area contributed by atoms with Gasteiger partial charge in [0.15, 0.2) is 0 Å². The molecule has 0 spiro atoms. The highest BCUT2D eigenvalue weighted by Gasteiger charge is 2.19. The number of nitrogen functional groups attached to an aromatic ring is 1. The van der Waals surface area contributed by atoms with E-state index in [1.807, 2.05) is 12.3 Å². The summed E-state index contributed by atoms with van der Waals surface area (Å²) >= 11 is 0. The number of esters is 1. The Hall–Kier alpha value is -2.30. The summed E-state index contributed by atoms with van der Waals surface area (Å²) in [6.45, 7) is 6.26. The number of rotatable bonds is 2. The van der Waals surface area contributed by atoms with Gasteiger partial charge in [-0.1, -0.05) is 20.8 Å². The number of nitrogens with zero attached hydrogens (tertiary/aromatic N) is 2. The zero-order chi connectivity index (χ0) is 14.9. The number of carbonyl (C=O) groups is 1. The minimum Gasteiger partial charge on any atom is -0.465 e. The van der Waals surface area contributed by atoms with Crippen LogP contribution in [0.15, 0.2) is 30.5 Å². The molecule has 0 amide bonds. The minimum absolute atomic E-state index is 0.0511. The fraction of sp³-hybridized carbons (Fsp3) is 0.333. The lowest BCUT2D eigenvalue weighted by Crippen LogP contribution is -2.14. The first-order valence-electron chi connectivity index (χ1n) is 6.37. The number of hydrogen-bond donors (Lipinski definition) is 1. The van der Waals surface area contributed by atoms with E-state index in [9.17, 15) is 4.79 Å². The summed E-state index contributed by atoms with van der Waals surface area (Å²) in [6.07, 6.45) is 1.83. The van der Waals surface area contributed by atoms with Gasteiger partial charge in [0.25, 0.3) is 0 Å². The molecule has 20 heavy (non-hydrogen) atoms. The van der Waals surface area contributed by atoms with E-state index in [4.69, 9.17) is 10.5 Å². The second-order valence-corrected chi connectivity index (χ2v) is 5.66. The van der Waals surface area contributed by atoms with Crippen molar-refractivity contribution >= 4 is 11.7 Å². The van der Waals surface area contributed by atoms with E-state index in [1.54, 1.807) is 22.9 Å². The van der Waals surface area contributed by atoms with Gasteiger partial charge >= 0.3 is 5.97 Å². The Morgan fingerprint density at radius 3 is 2.55 bits per heavy atom. The molecule has 0 atom stereocenters. The second kappa shape index (κ2) is 5.00. The molecule has 0 fully saturated rings. The monoisotopic (exact) mass is 273 g/mol. The van der Waals surface area contributed by atoms with Crippen LogP contribution in [0.4, 0.5) is 5.69 Å². The third-order valence-corrected chi connectivity index (χ3v) is 3.03. The van der Waals surface area contributed by atoms with Gasteiger partial charge in [0.2, 0.25) is 0 Å². The molecule has 1 heterocycles. The zero-order valence-corrected chi connectivity index (χ0v) is 12.2. The third-order valence-electron chi connectivity index (χ3n) is 3.03. The summed E-state index contributed by atoms with van der Waals surface area (Å²) in [5.74, 6) is -0.430. The van der Waals surface area contributed by atoms with Crippen molar-refractivity contribution in [2.75, 3.05) is 12.8 Å². The first-order chi connectivity index (χ1) is 9.32. The normalized spacial score (nSPS) is 11.4. The van der Waals surface area contributed by atoms with Crippen LogP contribution in [0.5, 0.6) is 0 Å². The largest absolute Gasteiger partial charge is 0.465 e. The fourth-order valence-electron chi connectivity index (χ4n) is 1.88. The van der Waals surface area contributed by atoms with E-state index in [0.29, 0.717) is 16.9 Å². The number of ether oxygens (including phenoxy) is 1. The standard InChI is InChI=1S/C15H19N3O2/c1-15(2,3)13-7-8-18(17-13)12-6-5-10(16)9-11(12)14(19)20-4/h5-9H,16H2,1-4H3. The maximum absolute atomic E-state index is 11.8. The molecule has 2 N–H and O–H groups in total. The summed E-state index contributed by atoms with van der Waals surface area (Å²) in [5, 5.41) is 4.53. The van der Waals surface area contributed by atoms with Crippen LogP contribution in [-0.2, 0) is 10.2 Å². The van der Waals surface area contributed by atoms with Crippen molar-refractivity contribution < 1.29 is 9.53 Å². The molecule has 5 heteroatoms. The SMILES string of the molecule is COC(=O)c1cc(N)ccc1-n1ccc(C(C)(C)C)n1. The van der Waals surface area contributed by atoms with Crippen molar-refractivity contribution in [3.05, 3.63) is 41.7 Å². The summed E-state index contributed by atoms with van der Waals surface area (Å²) in [5.41, 5.74) is 8.20. The van der Waals surface area contributed by atoms with Gasteiger partial charge in [-0.2, -0.15) is 5.10 Å². The van der Waals surface area contributed by atoms with E-state index in [1.165, 1.54) is 7.11 Å². The van der Waals surface area contributed by atoms with E-state index < -0.39 is 5.97 Å². The van der Waals surface area contributed by atoms with Crippen molar-refractivity contribution in [1.29, 1.82) is 0 Å². The Bertz CT molecular complexity index is 639. The van der Waals surface area contributed by atoms with Crippen LogP contribution in [0.1, 0.15) is 36.8 Å². The van der Waals surface area contributed by atoms with Crippen molar-refractivity contribution in [1.82, 2.24) is 9.78 Å². The smallest absolute Gasteiger partial charge is 0.340 e. The van der Waals surface area contributed by atoms with Crippen molar-refractivity contribution in [2.45, 2.75) is 26.2 Å². The Morgan fingerprint density at radius 1 is 1.30 bits per heavy atom. The maximum atomic E-state index is 11.8. The predicted molar refractivity (Wildman–Crippen MR) is 78.0 cm³/mol. The first kappa shape index (κ1) is 14.1. The molecule has 5 nitrogen and oxygen atoms in total. The molecular formula is C15H19N3O2. The molecule has 2 aromatic rings. The first-order valence-corrected chi connectivity index (χ1v) is 6.37. The molecule has 0 saturated carbocycles. The second-order valence-electron chi connectivity index (χ2n) is 5.66. The highest BCUT2D eigenvalue weighted by Crippen LogP contribution is 2.23. The van der Waals surface area contributed by atoms with Crippen molar-refractivity contribution in [3.8, 4) is 5.69 Å². The van der Waals surface area contributed by atoms with Crippen LogP contribution in [0.2, 0.25) is 0 Å².